The highest BCUT2D eigenvalue weighted by Crippen LogP contribution is 2.24. The third-order valence-corrected chi connectivity index (χ3v) is 2.74. The summed E-state index contributed by atoms with van der Waals surface area (Å²) in [6, 6.07) is 5.39. The zero-order chi connectivity index (χ0) is 11.5. The second-order valence-corrected chi connectivity index (χ2v) is 4.76. The van der Waals surface area contributed by atoms with Crippen LogP contribution in [0.2, 0.25) is 0 Å². The summed E-state index contributed by atoms with van der Waals surface area (Å²) >= 11 is 3.27. The molecule has 0 aromatic heterocycles. The van der Waals surface area contributed by atoms with E-state index in [-0.39, 0.29) is 11.3 Å². The van der Waals surface area contributed by atoms with E-state index < -0.39 is 0 Å². The minimum absolute atomic E-state index is 0.245. The largest absolute Gasteiger partial charge is 0.507 e. The Hall–Kier alpha value is -0.980. The van der Waals surface area contributed by atoms with Gasteiger partial charge in [-0.1, -0.05) is 12.0 Å². The molecule has 0 saturated carbocycles. The molecule has 2 N–H and O–H groups in total. The first-order chi connectivity index (χ1) is 6.94. The van der Waals surface area contributed by atoms with Gasteiger partial charge in [-0.05, 0) is 47.5 Å². The Kier molecular flexibility index (Phi) is 3.78. The molecule has 0 aliphatic rings. The van der Waals surface area contributed by atoms with Crippen LogP contribution in [0, 0.1) is 12.3 Å². The first-order valence-corrected chi connectivity index (χ1v) is 5.44. The van der Waals surface area contributed by atoms with Gasteiger partial charge in [0.05, 0.1) is 10.0 Å². The molecule has 2 nitrogen and oxygen atoms in total. The van der Waals surface area contributed by atoms with E-state index >= 15 is 0 Å². The van der Waals surface area contributed by atoms with Crippen LogP contribution in [0.3, 0.4) is 0 Å². The molecule has 80 valence electrons. The molecule has 0 atom stereocenters. The van der Waals surface area contributed by atoms with Crippen LogP contribution in [0.25, 0.3) is 0 Å². The fraction of sp³-hybridized carbons (Fsp3) is 0.333. The fourth-order valence-corrected chi connectivity index (χ4v) is 1.46. The van der Waals surface area contributed by atoms with Crippen molar-refractivity contribution in [3.05, 3.63) is 28.2 Å². The molecule has 1 aromatic rings. The van der Waals surface area contributed by atoms with Crippen LogP contribution in [0.5, 0.6) is 5.75 Å². The number of aromatic hydroxyl groups is 1. The molecule has 0 fully saturated rings. The average molecular weight is 268 g/mol. The van der Waals surface area contributed by atoms with Gasteiger partial charge in [-0.15, -0.1) is 6.42 Å². The zero-order valence-electron chi connectivity index (χ0n) is 8.84. The lowest BCUT2D eigenvalue weighted by molar-refractivity contribution is 0.470. The minimum Gasteiger partial charge on any atom is -0.507 e. The minimum atomic E-state index is -0.315. The van der Waals surface area contributed by atoms with Crippen molar-refractivity contribution < 1.29 is 5.11 Å². The molecule has 0 radical (unpaired) electrons. The van der Waals surface area contributed by atoms with E-state index in [4.69, 9.17) is 6.42 Å². The number of phenolic OH excluding ortho intramolecular Hbond substituents is 1. The van der Waals surface area contributed by atoms with Gasteiger partial charge in [0.15, 0.2) is 0 Å². The summed E-state index contributed by atoms with van der Waals surface area (Å²) in [6.45, 7) is 4.57. The number of rotatable bonds is 3. The first kappa shape index (κ1) is 12.1. The SMILES string of the molecule is C#CC(C)(C)NCc1ccc(O)c(Br)c1. The monoisotopic (exact) mass is 267 g/mol. The van der Waals surface area contributed by atoms with Crippen molar-refractivity contribution in [3.63, 3.8) is 0 Å². The maximum atomic E-state index is 9.32. The molecular formula is C12H14BrNO. The second-order valence-electron chi connectivity index (χ2n) is 3.91. The summed E-state index contributed by atoms with van der Waals surface area (Å²) in [5.41, 5.74) is 0.757. The van der Waals surface area contributed by atoms with Crippen LogP contribution < -0.4 is 5.32 Å². The molecule has 0 bridgehead atoms. The van der Waals surface area contributed by atoms with Gasteiger partial charge < -0.3 is 5.11 Å². The Morgan fingerprint density at radius 3 is 2.73 bits per heavy atom. The van der Waals surface area contributed by atoms with Gasteiger partial charge in [0.2, 0.25) is 0 Å². The Morgan fingerprint density at radius 2 is 2.20 bits per heavy atom. The highest BCUT2D eigenvalue weighted by Gasteiger charge is 2.12. The lowest BCUT2D eigenvalue weighted by Crippen LogP contribution is -2.36. The van der Waals surface area contributed by atoms with E-state index in [0.717, 1.165) is 5.56 Å². The van der Waals surface area contributed by atoms with Gasteiger partial charge in [0.1, 0.15) is 5.75 Å². The van der Waals surface area contributed by atoms with E-state index in [1.165, 1.54) is 0 Å². The van der Waals surface area contributed by atoms with Crippen molar-refractivity contribution in [3.8, 4) is 18.1 Å². The molecule has 0 unspecified atom stereocenters. The molecular weight excluding hydrogens is 254 g/mol. The standard InChI is InChI=1S/C12H14BrNO/c1-4-12(2,3)14-8-9-5-6-11(15)10(13)7-9/h1,5-7,14-15H,8H2,2-3H3. The molecule has 0 heterocycles. The number of benzene rings is 1. The van der Waals surface area contributed by atoms with Crippen molar-refractivity contribution in [1.29, 1.82) is 0 Å². The van der Waals surface area contributed by atoms with Crippen LogP contribution in [-0.4, -0.2) is 10.6 Å². The molecule has 0 spiro atoms. The summed E-state index contributed by atoms with van der Waals surface area (Å²) in [5.74, 6) is 2.91. The Morgan fingerprint density at radius 1 is 1.53 bits per heavy atom. The molecule has 0 aliphatic heterocycles. The third kappa shape index (κ3) is 3.58. The van der Waals surface area contributed by atoms with Crippen molar-refractivity contribution in [2.75, 3.05) is 0 Å². The maximum Gasteiger partial charge on any atom is 0.129 e. The van der Waals surface area contributed by atoms with Gasteiger partial charge in [0, 0.05) is 6.54 Å². The van der Waals surface area contributed by atoms with E-state index in [9.17, 15) is 5.11 Å². The predicted octanol–water partition coefficient (Wildman–Crippen LogP) is 2.66. The lowest BCUT2D eigenvalue weighted by Gasteiger charge is -2.19. The number of terminal acetylenes is 1. The summed E-state index contributed by atoms with van der Waals surface area (Å²) in [7, 11) is 0. The topological polar surface area (TPSA) is 32.3 Å². The smallest absolute Gasteiger partial charge is 0.129 e. The summed E-state index contributed by atoms with van der Waals surface area (Å²) in [5, 5.41) is 12.6. The Balaban J connectivity index is 2.67. The van der Waals surface area contributed by atoms with Crippen molar-refractivity contribution in [2.24, 2.45) is 0 Å². The molecule has 0 aliphatic carbocycles. The second kappa shape index (κ2) is 4.69. The quantitative estimate of drug-likeness (QED) is 0.826. The molecule has 3 heteroatoms. The highest BCUT2D eigenvalue weighted by atomic mass is 79.9. The molecule has 1 aromatic carbocycles. The molecule has 1 rings (SSSR count). The predicted molar refractivity (Wildman–Crippen MR) is 65.6 cm³/mol. The average Bonchev–Trinajstić information content (AvgIpc) is 2.20. The molecule has 0 saturated heterocycles. The van der Waals surface area contributed by atoms with Crippen LogP contribution in [0.4, 0.5) is 0 Å². The lowest BCUT2D eigenvalue weighted by atomic mass is 10.1. The summed E-state index contributed by atoms with van der Waals surface area (Å²) in [4.78, 5) is 0. The highest BCUT2D eigenvalue weighted by molar-refractivity contribution is 9.10. The van der Waals surface area contributed by atoms with Gasteiger partial charge in [-0.3, -0.25) is 5.32 Å². The Labute approximate surface area is 98.8 Å². The zero-order valence-corrected chi connectivity index (χ0v) is 10.4. The van der Waals surface area contributed by atoms with Gasteiger partial charge in [-0.25, -0.2) is 0 Å². The van der Waals surface area contributed by atoms with Crippen molar-refractivity contribution in [1.82, 2.24) is 5.32 Å². The van der Waals surface area contributed by atoms with Crippen LogP contribution in [-0.2, 0) is 6.54 Å². The van der Waals surface area contributed by atoms with E-state index in [1.54, 1.807) is 6.07 Å². The number of hydrogen-bond acceptors (Lipinski definition) is 2. The van der Waals surface area contributed by atoms with Crippen molar-refractivity contribution in [2.45, 2.75) is 25.9 Å². The van der Waals surface area contributed by atoms with E-state index in [1.807, 2.05) is 26.0 Å². The number of phenols is 1. The van der Waals surface area contributed by atoms with Crippen LogP contribution in [0.1, 0.15) is 19.4 Å². The van der Waals surface area contributed by atoms with E-state index in [0.29, 0.717) is 11.0 Å². The van der Waals surface area contributed by atoms with Gasteiger partial charge >= 0.3 is 0 Å². The number of hydrogen-bond donors (Lipinski definition) is 2. The molecule has 0 amide bonds. The number of halogens is 1. The van der Waals surface area contributed by atoms with Gasteiger partial charge in [-0.2, -0.15) is 0 Å². The van der Waals surface area contributed by atoms with Crippen molar-refractivity contribution >= 4 is 15.9 Å². The fourth-order valence-electron chi connectivity index (χ4n) is 1.03. The molecule has 15 heavy (non-hydrogen) atoms. The third-order valence-electron chi connectivity index (χ3n) is 2.11. The normalized spacial score (nSPS) is 11.1. The van der Waals surface area contributed by atoms with Crippen LogP contribution in [0.15, 0.2) is 22.7 Å². The summed E-state index contributed by atoms with van der Waals surface area (Å²) < 4.78 is 0.695. The summed E-state index contributed by atoms with van der Waals surface area (Å²) in [6.07, 6.45) is 5.36. The van der Waals surface area contributed by atoms with Crippen LogP contribution >= 0.6 is 15.9 Å². The van der Waals surface area contributed by atoms with E-state index in [2.05, 4.69) is 27.2 Å². The number of nitrogens with one attached hydrogen (secondary N) is 1. The maximum absolute atomic E-state index is 9.32. The first-order valence-electron chi connectivity index (χ1n) is 4.65. The Bertz CT molecular complexity index is 393. The van der Waals surface area contributed by atoms with Gasteiger partial charge in [0.25, 0.3) is 0 Å².